The van der Waals surface area contributed by atoms with E-state index in [9.17, 15) is 22.4 Å². The minimum atomic E-state index is -4.57. The molecule has 1 heterocycles. The zero-order valence-corrected chi connectivity index (χ0v) is 15.0. The Morgan fingerprint density at radius 2 is 1.89 bits per heavy atom. The van der Waals surface area contributed by atoms with E-state index in [1.54, 1.807) is 13.8 Å². The van der Waals surface area contributed by atoms with E-state index in [2.05, 4.69) is 10.3 Å². The molecule has 0 radical (unpaired) electrons. The van der Waals surface area contributed by atoms with Crippen LogP contribution in [0.1, 0.15) is 28.5 Å². The lowest BCUT2D eigenvalue weighted by Gasteiger charge is -2.15. The molecule has 0 bridgehead atoms. The second-order valence-corrected chi connectivity index (χ2v) is 6.07. The molecule has 146 valence electrons. The van der Waals surface area contributed by atoms with Gasteiger partial charge < -0.3 is 10.1 Å². The van der Waals surface area contributed by atoms with E-state index in [1.807, 2.05) is 0 Å². The van der Waals surface area contributed by atoms with Gasteiger partial charge in [-0.3, -0.25) is 9.78 Å². The highest BCUT2D eigenvalue weighted by atomic mass is 19.4. The number of anilines is 1. The maximum Gasteiger partial charge on any atom is 0.416 e. The molecule has 8 heteroatoms. The van der Waals surface area contributed by atoms with Crippen LogP contribution in [0.2, 0.25) is 0 Å². The molecule has 1 amide bonds. The van der Waals surface area contributed by atoms with Crippen molar-refractivity contribution in [3.05, 3.63) is 65.1 Å². The Bertz CT molecular complexity index is 1040. The highest BCUT2D eigenvalue weighted by Crippen LogP contribution is 2.35. The van der Waals surface area contributed by atoms with Gasteiger partial charge in [0, 0.05) is 17.1 Å². The van der Waals surface area contributed by atoms with Gasteiger partial charge in [-0.2, -0.15) is 13.2 Å². The number of benzene rings is 2. The number of ether oxygens (including phenoxy) is 1. The number of hydrogen-bond donors (Lipinski definition) is 1. The van der Waals surface area contributed by atoms with E-state index in [0.717, 1.165) is 18.2 Å². The first-order chi connectivity index (χ1) is 13.2. The van der Waals surface area contributed by atoms with Crippen LogP contribution in [-0.4, -0.2) is 17.5 Å². The molecule has 0 atom stereocenters. The highest BCUT2D eigenvalue weighted by molar-refractivity contribution is 6.12. The number of rotatable bonds is 4. The maximum atomic E-state index is 13.5. The third kappa shape index (κ3) is 4.05. The Morgan fingerprint density at radius 3 is 2.57 bits per heavy atom. The molecule has 1 aromatic heterocycles. The van der Waals surface area contributed by atoms with E-state index < -0.39 is 23.5 Å². The average Bonchev–Trinajstić information content (AvgIpc) is 2.61. The molecule has 28 heavy (non-hydrogen) atoms. The van der Waals surface area contributed by atoms with Crippen molar-refractivity contribution in [2.75, 3.05) is 11.9 Å². The third-order valence-corrected chi connectivity index (χ3v) is 4.00. The summed E-state index contributed by atoms with van der Waals surface area (Å²) in [5, 5.41) is 2.86. The lowest BCUT2D eigenvalue weighted by Crippen LogP contribution is -2.15. The molecule has 0 aliphatic rings. The number of pyridine rings is 1. The van der Waals surface area contributed by atoms with Gasteiger partial charge in [-0.1, -0.05) is 0 Å². The number of nitrogens with one attached hydrogen (secondary N) is 1. The van der Waals surface area contributed by atoms with Crippen molar-refractivity contribution >= 4 is 22.5 Å². The van der Waals surface area contributed by atoms with E-state index in [4.69, 9.17) is 4.74 Å². The summed E-state index contributed by atoms with van der Waals surface area (Å²) in [7, 11) is 0. The summed E-state index contributed by atoms with van der Waals surface area (Å²) < 4.78 is 57.9. The average molecular weight is 392 g/mol. The SMILES string of the molecule is CCOc1ccc(C(F)(F)F)cc1NC(=O)c1cc(C)nc2cc(F)ccc12. The Labute approximate surface area is 158 Å². The molecule has 0 aliphatic heterocycles. The second kappa shape index (κ2) is 7.46. The van der Waals surface area contributed by atoms with Crippen LogP contribution in [0, 0.1) is 12.7 Å². The zero-order valence-electron chi connectivity index (χ0n) is 15.0. The van der Waals surface area contributed by atoms with Crippen LogP contribution in [0.3, 0.4) is 0 Å². The van der Waals surface area contributed by atoms with Crippen molar-refractivity contribution in [2.45, 2.75) is 20.0 Å². The van der Waals surface area contributed by atoms with Gasteiger partial charge in [-0.25, -0.2) is 4.39 Å². The predicted octanol–water partition coefficient (Wildman–Crippen LogP) is 5.35. The fourth-order valence-electron chi connectivity index (χ4n) is 2.80. The Hall–Kier alpha value is -3.16. The number of alkyl halides is 3. The summed E-state index contributed by atoms with van der Waals surface area (Å²) >= 11 is 0. The Morgan fingerprint density at radius 1 is 1.14 bits per heavy atom. The minimum absolute atomic E-state index is 0.105. The monoisotopic (exact) mass is 392 g/mol. The molecule has 0 fully saturated rings. The minimum Gasteiger partial charge on any atom is -0.492 e. The van der Waals surface area contributed by atoms with Gasteiger partial charge in [-0.15, -0.1) is 0 Å². The summed E-state index contributed by atoms with van der Waals surface area (Å²) in [6.45, 7) is 3.53. The fourth-order valence-corrected chi connectivity index (χ4v) is 2.80. The second-order valence-electron chi connectivity index (χ2n) is 6.07. The van der Waals surface area contributed by atoms with Gasteiger partial charge in [0.15, 0.2) is 0 Å². The van der Waals surface area contributed by atoms with E-state index >= 15 is 0 Å². The van der Waals surface area contributed by atoms with Crippen molar-refractivity contribution in [2.24, 2.45) is 0 Å². The van der Waals surface area contributed by atoms with Crippen LogP contribution in [0.5, 0.6) is 5.75 Å². The third-order valence-electron chi connectivity index (χ3n) is 4.00. The van der Waals surface area contributed by atoms with Crippen LogP contribution in [-0.2, 0) is 6.18 Å². The number of aryl methyl sites for hydroxylation is 1. The number of amides is 1. The van der Waals surface area contributed by atoms with Gasteiger partial charge in [-0.05, 0) is 50.2 Å². The van der Waals surface area contributed by atoms with Crippen molar-refractivity contribution in [1.82, 2.24) is 4.98 Å². The molecular formula is C20H16F4N2O2. The Balaban J connectivity index is 2.04. The van der Waals surface area contributed by atoms with E-state index in [1.165, 1.54) is 24.3 Å². The van der Waals surface area contributed by atoms with E-state index in [0.29, 0.717) is 11.1 Å². The normalized spacial score (nSPS) is 11.5. The van der Waals surface area contributed by atoms with Crippen LogP contribution < -0.4 is 10.1 Å². The topological polar surface area (TPSA) is 51.2 Å². The van der Waals surface area contributed by atoms with Gasteiger partial charge >= 0.3 is 6.18 Å². The number of aromatic nitrogens is 1. The first kappa shape index (κ1) is 19.6. The predicted molar refractivity (Wildman–Crippen MR) is 97.0 cm³/mol. The summed E-state index contributed by atoms with van der Waals surface area (Å²) in [4.78, 5) is 17.0. The van der Waals surface area contributed by atoms with Crippen LogP contribution >= 0.6 is 0 Å². The summed E-state index contributed by atoms with van der Waals surface area (Å²) in [6, 6.07) is 8.13. The molecule has 0 saturated heterocycles. The van der Waals surface area contributed by atoms with Gasteiger partial charge in [0.05, 0.1) is 28.9 Å². The molecule has 3 aromatic rings. The standard InChI is InChI=1S/C20H16F4N2O2/c1-3-28-18-7-4-12(20(22,23)24)9-17(18)26-19(27)15-8-11(2)25-16-10-13(21)5-6-14(15)16/h4-10H,3H2,1-2H3,(H,26,27). The molecule has 4 nitrogen and oxygen atoms in total. The molecule has 0 unspecified atom stereocenters. The lowest BCUT2D eigenvalue weighted by atomic mass is 10.1. The highest BCUT2D eigenvalue weighted by Gasteiger charge is 2.31. The lowest BCUT2D eigenvalue weighted by molar-refractivity contribution is -0.137. The molecule has 0 saturated carbocycles. The molecular weight excluding hydrogens is 376 g/mol. The van der Waals surface area contributed by atoms with Crippen molar-refractivity contribution in [3.63, 3.8) is 0 Å². The quantitative estimate of drug-likeness (QED) is 0.609. The molecule has 1 N–H and O–H groups in total. The molecule has 2 aromatic carbocycles. The number of fused-ring (bicyclic) bond motifs is 1. The number of hydrogen-bond acceptors (Lipinski definition) is 3. The van der Waals surface area contributed by atoms with Crippen molar-refractivity contribution in [3.8, 4) is 5.75 Å². The molecule has 0 aliphatic carbocycles. The van der Waals surface area contributed by atoms with Gasteiger partial charge in [0.1, 0.15) is 11.6 Å². The number of nitrogens with zero attached hydrogens (tertiary/aromatic N) is 1. The van der Waals surface area contributed by atoms with Crippen LogP contribution in [0.4, 0.5) is 23.2 Å². The molecule has 3 rings (SSSR count). The molecule has 0 spiro atoms. The van der Waals surface area contributed by atoms with E-state index in [-0.39, 0.29) is 29.1 Å². The number of halogens is 4. The largest absolute Gasteiger partial charge is 0.492 e. The van der Waals surface area contributed by atoms with Crippen LogP contribution in [0.25, 0.3) is 10.9 Å². The maximum absolute atomic E-state index is 13.5. The fraction of sp³-hybridized carbons (Fsp3) is 0.200. The number of carbonyl (C=O) groups excluding carboxylic acids is 1. The van der Waals surface area contributed by atoms with Crippen LogP contribution in [0.15, 0.2) is 42.5 Å². The number of carbonyl (C=O) groups is 1. The van der Waals surface area contributed by atoms with Crippen molar-refractivity contribution < 1.29 is 27.1 Å². The van der Waals surface area contributed by atoms with Gasteiger partial charge in [0.2, 0.25) is 0 Å². The Kier molecular flexibility index (Phi) is 5.22. The summed E-state index contributed by atoms with van der Waals surface area (Å²) in [5.41, 5.74) is -0.102. The first-order valence-electron chi connectivity index (χ1n) is 8.41. The zero-order chi connectivity index (χ0) is 20.5. The van der Waals surface area contributed by atoms with Gasteiger partial charge in [0.25, 0.3) is 5.91 Å². The summed E-state index contributed by atoms with van der Waals surface area (Å²) in [5.74, 6) is -1.04. The summed E-state index contributed by atoms with van der Waals surface area (Å²) in [6.07, 6.45) is -4.57. The van der Waals surface area contributed by atoms with Crippen molar-refractivity contribution in [1.29, 1.82) is 0 Å². The smallest absolute Gasteiger partial charge is 0.416 e. The first-order valence-corrected chi connectivity index (χ1v) is 8.41.